The minimum atomic E-state index is -0.379. The Hall–Kier alpha value is -3.07. The van der Waals surface area contributed by atoms with Gasteiger partial charge >= 0.3 is 0 Å². The zero-order valence-corrected chi connectivity index (χ0v) is 14.1. The molecule has 0 saturated carbocycles. The van der Waals surface area contributed by atoms with Crippen molar-refractivity contribution in [3.8, 4) is 6.07 Å². The summed E-state index contributed by atoms with van der Waals surface area (Å²) in [5, 5.41) is 17.4. The van der Waals surface area contributed by atoms with Gasteiger partial charge in [-0.2, -0.15) is 5.26 Å². The minimum absolute atomic E-state index is 0.134. The van der Waals surface area contributed by atoms with Gasteiger partial charge in [0.15, 0.2) is 5.49 Å². The zero-order chi connectivity index (χ0) is 17.8. The number of piperidine rings is 1. The van der Waals surface area contributed by atoms with Gasteiger partial charge in [0.05, 0.1) is 24.4 Å². The van der Waals surface area contributed by atoms with Crippen LogP contribution in [0.3, 0.4) is 0 Å². The normalized spacial score (nSPS) is 14.1. The third-order valence-electron chi connectivity index (χ3n) is 4.58. The van der Waals surface area contributed by atoms with Crippen LogP contribution in [0.5, 0.6) is 0 Å². The van der Waals surface area contributed by atoms with Gasteiger partial charge in [-0.3, -0.25) is 14.8 Å². The summed E-state index contributed by atoms with van der Waals surface area (Å²) >= 11 is 0. The van der Waals surface area contributed by atoms with Crippen LogP contribution in [0.1, 0.15) is 30.4 Å². The third kappa shape index (κ3) is 3.26. The van der Waals surface area contributed by atoms with Crippen LogP contribution in [0.15, 0.2) is 41.8 Å². The average Bonchev–Trinajstić information content (AvgIpc) is 2.67. The molecule has 2 heterocycles. The van der Waals surface area contributed by atoms with Crippen molar-refractivity contribution >= 4 is 12.0 Å². The number of nitrogens with one attached hydrogen (secondary N) is 1. The first-order valence-corrected chi connectivity index (χ1v) is 8.42. The van der Waals surface area contributed by atoms with Gasteiger partial charge in [-0.1, -0.05) is 24.8 Å². The monoisotopic (exact) mass is 335 g/mol. The third-order valence-corrected chi connectivity index (χ3v) is 4.58. The van der Waals surface area contributed by atoms with Crippen molar-refractivity contribution in [2.45, 2.75) is 25.8 Å². The molecule has 6 nitrogen and oxygen atoms in total. The van der Waals surface area contributed by atoms with E-state index in [1.807, 2.05) is 18.2 Å². The fraction of sp³-hybridized carbons (Fsp3) is 0.316. The molecule has 1 N–H and O–H groups in total. The van der Waals surface area contributed by atoms with Crippen LogP contribution in [-0.4, -0.2) is 22.2 Å². The van der Waals surface area contributed by atoms with Crippen LogP contribution < -0.4 is 15.9 Å². The summed E-state index contributed by atoms with van der Waals surface area (Å²) in [6.07, 6.45) is 6.62. The van der Waals surface area contributed by atoms with Crippen LogP contribution in [0.25, 0.3) is 6.20 Å². The second kappa shape index (κ2) is 7.22. The largest absolute Gasteiger partial charge is 0.357 e. The Balaban J connectivity index is 2.15. The van der Waals surface area contributed by atoms with Crippen molar-refractivity contribution in [1.29, 1.82) is 10.7 Å². The van der Waals surface area contributed by atoms with Gasteiger partial charge in [0.2, 0.25) is 0 Å². The summed E-state index contributed by atoms with van der Waals surface area (Å²) in [7, 11) is 0. The number of hydrogen-bond acceptors (Lipinski definition) is 4. The molecule has 0 atom stereocenters. The van der Waals surface area contributed by atoms with E-state index in [4.69, 9.17) is 5.41 Å². The van der Waals surface area contributed by atoms with Crippen LogP contribution >= 0.6 is 0 Å². The van der Waals surface area contributed by atoms with Crippen molar-refractivity contribution in [3.63, 3.8) is 0 Å². The number of anilines is 1. The number of nitriles is 1. The van der Waals surface area contributed by atoms with Crippen LogP contribution in [0.2, 0.25) is 0 Å². The van der Waals surface area contributed by atoms with Crippen molar-refractivity contribution in [2.75, 3.05) is 18.0 Å². The summed E-state index contributed by atoms with van der Waals surface area (Å²) < 4.78 is 3.06. The Morgan fingerprint density at radius 1 is 1.24 bits per heavy atom. The Morgan fingerprint density at radius 2 is 1.96 bits per heavy atom. The molecular weight excluding hydrogens is 314 g/mol. The van der Waals surface area contributed by atoms with E-state index in [0.29, 0.717) is 5.56 Å². The van der Waals surface area contributed by atoms with Crippen LogP contribution in [0.4, 0.5) is 5.82 Å². The summed E-state index contributed by atoms with van der Waals surface area (Å²) in [4.78, 5) is 15.0. The quantitative estimate of drug-likeness (QED) is 0.930. The molecule has 0 spiro atoms. The molecule has 1 aromatic heterocycles. The van der Waals surface area contributed by atoms with E-state index in [1.165, 1.54) is 17.2 Å². The van der Waals surface area contributed by atoms with Gasteiger partial charge in [0.1, 0.15) is 5.82 Å². The van der Waals surface area contributed by atoms with E-state index in [0.717, 1.165) is 37.3 Å². The summed E-state index contributed by atoms with van der Waals surface area (Å²) in [6.45, 7) is 5.73. The molecule has 6 heteroatoms. The predicted octanol–water partition coefficient (Wildman–Crippen LogP) is 2.14. The molecule has 0 radical (unpaired) electrons. The first kappa shape index (κ1) is 16.8. The number of aromatic nitrogens is 2. The molecule has 128 valence electrons. The number of benzene rings is 1. The van der Waals surface area contributed by atoms with Crippen molar-refractivity contribution in [1.82, 2.24) is 9.13 Å². The van der Waals surface area contributed by atoms with Gasteiger partial charge in [-0.05, 0) is 30.9 Å². The maximum atomic E-state index is 12.8. The highest BCUT2D eigenvalue weighted by Gasteiger charge is 2.18. The van der Waals surface area contributed by atoms with Crippen molar-refractivity contribution in [3.05, 3.63) is 64.0 Å². The highest BCUT2D eigenvalue weighted by atomic mass is 16.1. The lowest BCUT2D eigenvalue weighted by Gasteiger charge is -2.31. The molecule has 0 unspecified atom stereocenters. The molecule has 3 rings (SSSR count). The molecule has 25 heavy (non-hydrogen) atoms. The fourth-order valence-corrected chi connectivity index (χ4v) is 3.21. The lowest BCUT2D eigenvalue weighted by atomic mass is 10.1. The summed E-state index contributed by atoms with van der Waals surface area (Å²) in [5.41, 5.74) is 0.813. The molecule has 0 amide bonds. The zero-order valence-electron chi connectivity index (χ0n) is 14.1. The Kier molecular flexibility index (Phi) is 4.85. The predicted molar refractivity (Wildman–Crippen MR) is 97.3 cm³/mol. The molecule has 1 aliphatic heterocycles. The Bertz CT molecular complexity index is 942. The summed E-state index contributed by atoms with van der Waals surface area (Å²) in [5.74, 6) is 0.772. The molecule has 1 saturated heterocycles. The maximum Gasteiger partial charge on any atom is 0.295 e. The number of rotatable bonds is 4. The van der Waals surface area contributed by atoms with E-state index >= 15 is 0 Å². The first-order valence-electron chi connectivity index (χ1n) is 8.42. The van der Waals surface area contributed by atoms with Gasteiger partial charge in [0, 0.05) is 19.3 Å². The van der Waals surface area contributed by atoms with Crippen LogP contribution in [-0.2, 0) is 6.54 Å². The van der Waals surface area contributed by atoms with E-state index < -0.39 is 0 Å². The first-order chi connectivity index (χ1) is 12.2. The van der Waals surface area contributed by atoms with E-state index in [9.17, 15) is 10.1 Å². The van der Waals surface area contributed by atoms with E-state index in [2.05, 4.69) is 17.5 Å². The molecule has 2 aromatic rings. The van der Waals surface area contributed by atoms with E-state index in [-0.39, 0.29) is 17.6 Å². The molecule has 0 bridgehead atoms. The van der Waals surface area contributed by atoms with Crippen molar-refractivity contribution < 1.29 is 0 Å². The molecule has 1 fully saturated rings. The highest BCUT2D eigenvalue weighted by Crippen LogP contribution is 2.19. The van der Waals surface area contributed by atoms with Crippen molar-refractivity contribution in [2.24, 2.45) is 0 Å². The minimum Gasteiger partial charge on any atom is -0.357 e. The molecule has 0 aliphatic carbocycles. The number of hydrogen-bond donors (Lipinski definition) is 1. The van der Waals surface area contributed by atoms with E-state index in [1.54, 1.807) is 16.8 Å². The second-order valence-electron chi connectivity index (χ2n) is 6.13. The number of nitrogens with zero attached hydrogens (tertiary/aromatic N) is 4. The second-order valence-corrected chi connectivity index (χ2v) is 6.13. The summed E-state index contributed by atoms with van der Waals surface area (Å²) in [6, 6.07) is 9.44. The molecule has 1 aliphatic rings. The average molecular weight is 335 g/mol. The van der Waals surface area contributed by atoms with Crippen LogP contribution in [0, 0.1) is 16.7 Å². The smallest absolute Gasteiger partial charge is 0.295 e. The molecular formula is C19H21N5O. The Labute approximate surface area is 146 Å². The maximum absolute atomic E-state index is 12.8. The highest BCUT2D eigenvalue weighted by molar-refractivity contribution is 5.43. The lowest BCUT2D eigenvalue weighted by Crippen LogP contribution is -2.44. The Morgan fingerprint density at radius 3 is 2.64 bits per heavy atom. The standard InChI is InChI=1S/C19H21N5O/c1-2-22-14-17(23-10-6-3-7-11-23)24(19(25)18(22)21)13-16-9-5-4-8-15(16)12-20/h2,4-5,8-9,14,21H,1,3,6-7,10-11,13H2. The van der Waals surface area contributed by atoms with Gasteiger partial charge in [-0.25, -0.2) is 0 Å². The van der Waals surface area contributed by atoms with Gasteiger partial charge < -0.3 is 9.47 Å². The topological polar surface area (TPSA) is 77.8 Å². The fourth-order valence-electron chi connectivity index (χ4n) is 3.21. The van der Waals surface area contributed by atoms with Gasteiger partial charge in [-0.15, -0.1) is 0 Å². The lowest BCUT2D eigenvalue weighted by molar-refractivity contribution is 0.554. The molecule has 1 aromatic carbocycles. The van der Waals surface area contributed by atoms with Gasteiger partial charge in [0.25, 0.3) is 5.56 Å². The SMILES string of the molecule is C=Cn1cc(N2CCCCC2)n(Cc2ccccc2C#N)c(=O)c1=N.